The van der Waals surface area contributed by atoms with Crippen molar-refractivity contribution in [3.63, 3.8) is 0 Å². The minimum atomic E-state index is -4.91. The molecule has 1 aromatic heterocycles. The van der Waals surface area contributed by atoms with Gasteiger partial charge in [-0.05, 0) is 37.6 Å². The van der Waals surface area contributed by atoms with Gasteiger partial charge >= 0.3 is 6.18 Å². The Balaban J connectivity index is 2.18. The molecule has 0 spiro atoms. The van der Waals surface area contributed by atoms with Gasteiger partial charge in [0, 0.05) is 15.6 Å². The van der Waals surface area contributed by atoms with Gasteiger partial charge in [-0.1, -0.05) is 24.3 Å². The summed E-state index contributed by atoms with van der Waals surface area (Å²) in [6, 6.07) is 9.44. The van der Waals surface area contributed by atoms with Crippen LogP contribution in [-0.4, -0.2) is 19.3 Å². The van der Waals surface area contributed by atoms with E-state index in [4.69, 9.17) is 0 Å². The van der Waals surface area contributed by atoms with Crippen LogP contribution in [0.5, 0.6) is 0 Å². The summed E-state index contributed by atoms with van der Waals surface area (Å²) in [6.45, 7) is 2.49. The van der Waals surface area contributed by atoms with Crippen molar-refractivity contribution in [2.45, 2.75) is 32.7 Å². The summed E-state index contributed by atoms with van der Waals surface area (Å²) < 4.78 is 80.4. The third-order valence-corrected chi connectivity index (χ3v) is 7.66. The molecule has 1 heterocycles. The van der Waals surface area contributed by atoms with E-state index in [1.54, 1.807) is 24.3 Å². The lowest BCUT2D eigenvalue weighted by Crippen LogP contribution is -2.32. The Morgan fingerprint density at radius 3 is 2.43 bits per heavy atom. The highest BCUT2D eigenvalue weighted by atomic mass is 32.2. The first-order valence-electron chi connectivity index (χ1n) is 9.01. The van der Waals surface area contributed by atoms with Gasteiger partial charge in [0.2, 0.25) is 10.0 Å². The molecule has 0 saturated carbocycles. The van der Waals surface area contributed by atoms with Gasteiger partial charge in [-0.15, -0.1) is 11.3 Å². The molecule has 0 aliphatic heterocycles. The first-order valence-corrected chi connectivity index (χ1v) is 11.4. The lowest BCUT2D eigenvalue weighted by atomic mass is 10.1. The van der Waals surface area contributed by atoms with Crippen molar-refractivity contribution in [3.8, 4) is 0 Å². The molecule has 1 N–H and O–H groups in total. The van der Waals surface area contributed by atoms with Crippen molar-refractivity contribution in [1.82, 2.24) is 0 Å². The number of anilines is 1. The number of aliphatic hydroxyl groups is 1. The molecule has 0 aliphatic rings. The number of hydrogen-bond acceptors (Lipinski definition) is 4. The summed E-state index contributed by atoms with van der Waals surface area (Å²) in [5.74, 6) is -1.73. The summed E-state index contributed by atoms with van der Waals surface area (Å²) in [5, 5.41) is 11.2. The lowest BCUT2D eigenvalue weighted by Gasteiger charge is -2.25. The molecule has 0 radical (unpaired) electrons. The average Bonchev–Trinajstić information content (AvgIpc) is 3.05. The van der Waals surface area contributed by atoms with E-state index < -0.39 is 40.2 Å². The zero-order valence-corrected chi connectivity index (χ0v) is 17.7. The zero-order valence-electron chi connectivity index (χ0n) is 16.1. The summed E-state index contributed by atoms with van der Waals surface area (Å²) in [7, 11) is -3.92. The number of nitrogens with zero attached hydrogens (tertiary/aromatic N) is 1. The molecule has 1 unspecified atom stereocenters. The average molecular weight is 461 g/mol. The van der Waals surface area contributed by atoms with Crippen LogP contribution in [0.3, 0.4) is 0 Å². The molecule has 0 aliphatic carbocycles. The summed E-state index contributed by atoms with van der Waals surface area (Å²) in [6.07, 6.45) is -5.92. The molecule has 1 atom stereocenters. The predicted molar refractivity (Wildman–Crippen MR) is 110 cm³/mol. The minimum Gasteiger partial charge on any atom is -0.389 e. The fourth-order valence-electron chi connectivity index (χ4n) is 3.15. The fourth-order valence-corrected chi connectivity index (χ4v) is 5.81. The van der Waals surface area contributed by atoms with Crippen LogP contribution in [0.25, 0.3) is 10.1 Å². The smallest absolute Gasteiger partial charge is 0.389 e. The molecule has 2 aromatic carbocycles. The van der Waals surface area contributed by atoms with Gasteiger partial charge in [0.1, 0.15) is 10.8 Å². The Hall–Kier alpha value is -2.17. The van der Waals surface area contributed by atoms with Gasteiger partial charge in [0.15, 0.2) is 0 Å². The molecule has 4 nitrogen and oxygen atoms in total. The number of hydrogen-bond donors (Lipinski definition) is 1. The highest BCUT2D eigenvalue weighted by molar-refractivity contribution is 7.92. The van der Waals surface area contributed by atoms with Gasteiger partial charge < -0.3 is 5.11 Å². The third-order valence-electron chi connectivity index (χ3n) is 4.62. The summed E-state index contributed by atoms with van der Waals surface area (Å²) in [5.41, 5.74) is -1.10. The molecular weight excluding hydrogens is 441 g/mol. The third kappa shape index (κ3) is 4.30. The van der Waals surface area contributed by atoms with Crippen LogP contribution in [0.2, 0.25) is 0 Å². The number of aliphatic hydroxyl groups excluding tert-OH is 1. The molecule has 0 amide bonds. The Labute approximate surface area is 175 Å². The predicted octanol–water partition coefficient (Wildman–Crippen LogP) is 5.47. The van der Waals surface area contributed by atoms with E-state index in [1.807, 2.05) is 0 Å². The van der Waals surface area contributed by atoms with Gasteiger partial charge in [0.05, 0.1) is 24.0 Å². The Morgan fingerprint density at radius 2 is 1.83 bits per heavy atom. The molecule has 0 bridgehead atoms. The van der Waals surface area contributed by atoms with Gasteiger partial charge in [-0.3, -0.25) is 4.31 Å². The largest absolute Gasteiger partial charge is 0.419 e. The number of halogens is 4. The van der Waals surface area contributed by atoms with Crippen molar-refractivity contribution in [2.24, 2.45) is 0 Å². The van der Waals surface area contributed by atoms with E-state index >= 15 is 0 Å². The molecule has 3 aromatic rings. The maximum Gasteiger partial charge on any atom is 0.419 e. The highest BCUT2D eigenvalue weighted by Crippen LogP contribution is 2.43. The van der Waals surface area contributed by atoms with Crippen LogP contribution in [0, 0.1) is 5.82 Å². The van der Waals surface area contributed by atoms with Crippen molar-refractivity contribution >= 4 is 36.4 Å². The Morgan fingerprint density at radius 1 is 1.17 bits per heavy atom. The van der Waals surface area contributed by atoms with Crippen molar-refractivity contribution in [3.05, 3.63) is 65.0 Å². The van der Waals surface area contributed by atoms with Crippen molar-refractivity contribution < 1.29 is 31.1 Å². The maximum absolute atomic E-state index is 13.7. The minimum absolute atomic E-state index is 0.0188. The maximum atomic E-state index is 13.7. The second kappa shape index (κ2) is 8.16. The second-order valence-electron chi connectivity index (χ2n) is 6.71. The standard InChI is InChI=1S/C20H19F4NO3S2/c1-3-30(27,28)25(11-13-8-9-16(21)15(10-13)20(22,23)24)19-18(12(2)26)14-6-4-5-7-17(14)29-19/h4-10,12,26H,3,11H2,1-2H3/i21-1. The topological polar surface area (TPSA) is 57.6 Å². The monoisotopic (exact) mass is 460 g/mol. The number of thiophene rings is 1. The lowest BCUT2D eigenvalue weighted by molar-refractivity contribution is -0.140. The van der Waals surface area contributed by atoms with E-state index in [0.717, 1.165) is 26.4 Å². The van der Waals surface area contributed by atoms with Crippen molar-refractivity contribution in [2.75, 3.05) is 10.1 Å². The summed E-state index contributed by atoms with van der Waals surface area (Å²) >= 11 is 1.13. The molecule has 0 fully saturated rings. The Bertz CT molecular complexity index is 1170. The van der Waals surface area contributed by atoms with Crippen LogP contribution in [0.4, 0.5) is 22.6 Å². The van der Waals surface area contributed by atoms with Crippen LogP contribution in [0.15, 0.2) is 42.5 Å². The first-order chi connectivity index (χ1) is 14.0. The van der Waals surface area contributed by atoms with Crippen LogP contribution >= 0.6 is 11.3 Å². The van der Waals surface area contributed by atoms with Crippen LogP contribution < -0.4 is 4.31 Å². The van der Waals surface area contributed by atoms with E-state index in [0.29, 0.717) is 23.1 Å². The normalized spacial score (nSPS) is 13.6. The first kappa shape index (κ1) is 22.5. The molecule has 3 rings (SSSR count). The van der Waals surface area contributed by atoms with Crippen LogP contribution in [-0.2, 0) is 22.7 Å². The number of fused-ring (bicyclic) bond motifs is 1. The molecule has 0 saturated heterocycles. The quantitative estimate of drug-likeness (QED) is 0.497. The van der Waals surface area contributed by atoms with E-state index in [2.05, 4.69) is 0 Å². The summed E-state index contributed by atoms with van der Waals surface area (Å²) in [4.78, 5) is 0. The number of rotatable bonds is 6. The van der Waals surface area contributed by atoms with Gasteiger partial charge in [-0.25, -0.2) is 12.8 Å². The van der Waals surface area contributed by atoms with E-state index in [1.165, 1.54) is 13.8 Å². The number of benzene rings is 2. The highest BCUT2D eigenvalue weighted by Gasteiger charge is 2.35. The zero-order chi connectivity index (χ0) is 22.3. The molecule has 162 valence electrons. The van der Waals surface area contributed by atoms with Gasteiger partial charge in [0.25, 0.3) is 0 Å². The van der Waals surface area contributed by atoms with Crippen molar-refractivity contribution in [1.29, 1.82) is 0 Å². The SMILES string of the molecule is CCS(=O)(=O)N(Cc1ccc([18F])c(C(F)(F)F)c1)c1sc2ccccc2c1C(C)O. The van der Waals surface area contributed by atoms with E-state index in [9.17, 15) is 31.1 Å². The second-order valence-corrected chi connectivity index (χ2v) is 9.92. The van der Waals surface area contributed by atoms with E-state index in [-0.39, 0.29) is 16.3 Å². The molecular formula is C20H19F4NO3S2. The van der Waals surface area contributed by atoms with Gasteiger partial charge in [-0.2, -0.15) is 13.2 Å². The van der Waals surface area contributed by atoms with Crippen LogP contribution in [0.1, 0.15) is 36.6 Å². The number of sulfonamides is 1. The molecule has 30 heavy (non-hydrogen) atoms. The molecule has 10 heteroatoms. The number of alkyl halides is 3. The Kier molecular flexibility index (Phi) is 6.13. The fraction of sp³-hybridized carbons (Fsp3) is 0.300.